The summed E-state index contributed by atoms with van der Waals surface area (Å²) in [5.41, 5.74) is -3.78. The van der Waals surface area contributed by atoms with E-state index >= 15 is 0 Å². The standard InChI is InChI=1S/C28H28F9N7/c1-3-24(43-8-6-17(14-38)7-9-43)23-5-4-20(26(29,30)31)12-19(23)16-44(25-39-41-42(2)40-25)15-18-10-21(27(32,33)34)13-22(11-18)28(35,36)37/h4-5,10-13,17,24H,3,6-9,15-16H2,1-2H3. The van der Waals surface area contributed by atoms with E-state index in [9.17, 15) is 44.8 Å². The number of benzene rings is 2. The summed E-state index contributed by atoms with van der Waals surface area (Å²) in [6.45, 7) is 1.92. The van der Waals surface area contributed by atoms with Crippen LogP contribution in [-0.2, 0) is 38.7 Å². The van der Waals surface area contributed by atoms with Gasteiger partial charge in [-0.25, -0.2) is 0 Å². The van der Waals surface area contributed by atoms with Crippen LogP contribution < -0.4 is 4.90 Å². The molecule has 0 saturated carbocycles. The number of hydrogen-bond donors (Lipinski definition) is 0. The number of nitriles is 1. The quantitative estimate of drug-likeness (QED) is 0.245. The molecule has 7 nitrogen and oxygen atoms in total. The minimum Gasteiger partial charge on any atom is -0.330 e. The molecule has 1 aliphatic rings. The van der Waals surface area contributed by atoms with E-state index in [0.717, 1.165) is 16.9 Å². The molecule has 16 heteroatoms. The largest absolute Gasteiger partial charge is 0.416 e. The molecule has 1 fully saturated rings. The van der Waals surface area contributed by atoms with Crippen LogP contribution >= 0.6 is 0 Å². The summed E-state index contributed by atoms with van der Waals surface area (Å²) in [5, 5.41) is 20.8. The molecule has 0 N–H and O–H groups in total. The fourth-order valence-electron chi connectivity index (χ4n) is 5.39. The van der Waals surface area contributed by atoms with Crippen molar-refractivity contribution in [3.8, 4) is 6.07 Å². The first kappa shape index (κ1) is 33.0. The molecule has 1 aromatic heterocycles. The van der Waals surface area contributed by atoms with Gasteiger partial charge in [-0.05, 0) is 84.6 Å². The van der Waals surface area contributed by atoms with Crippen molar-refractivity contribution in [1.29, 1.82) is 5.26 Å². The van der Waals surface area contributed by atoms with E-state index in [2.05, 4.69) is 26.4 Å². The Balaban J connectivity index is 1.80. The zero-order valence-corrected chi connectivity index (χ0v) is 23.6. The Kier molecular flexibility index (Phi) is 9.48. The van der Waals surface area contributed by atoms with Gasteiger partial charge in [0, 0.05) is 25.0 Å². The summed E-state index contributed by atoms with van der Waals surface area (Å²) in [7, 11) is 1.38. The maximum absolute atomic E-state index is 13.8. The van der Waals surface area contributed by atoms with E-state index < -0.39 is 47.3 Å². The number of anilines is 1. The van der Waals surface area contributed by atoms with Gasteiger partial charge in [0.25, 0.3) is 5.95 Å². The number of piperidine rings is 1. The minimum atomic E-state index is -5.09. The highest BCUT2D eigenvalue weighted by Gasteiger charge is 2.38. The Morgan fingerprint density at radius 3 is 1.95 bits per heavy atom. The van der Waals surface area contributed by atoms with Gasteiger partial charge in [0.15, 0.2) is 0 Å². The zero-order valence-electron chi connectivity index (χ0n) is 23.6. The van der Waals surface area contributed by atoms with Crippen molar-refractivity contribution in [3.05, 3.63) is 69.8 Å². The Bertz CT molecular complexity index is 1450. The van der Waals surface area contributed by atoms with Crippen LogP contribution in [0.25, 0.3) is 0 Å². The molecule has 0 aliphatic carbocycles. The van der Waals surface area contributed by atoms with Crippen LogP contribution in [0.5, 0.6) is 0 Å². The molecule has 1 unspecified atom stereocenters. The first-order valence-corrected chi connectivity index (χ1v) is 13.6. The molecular weight excluding hydrogens is 605 g/mol. The van der Waals surface area contributed by atoms with Gasteiger partial charge in [-0.15, -0.1) is 5.10 Å². The van der Waals surface area contributed by atoms with E-state index in [0.29, 0.717) is 50.0 Å². The summed E-state index contributed by atoms with van der Waals surface area (Å²) in [6.07, 6.45) is -13.3. The highest BCUT2D eigenvalue weighted by Crippen LogP contribution is 2.39. The predicted octanol–water partition coefficient (Wildman–Crippen LogP) is 7.16. The van der Waals surface area contributed by atoms with Crippen molar-refractivity contribution in [2.75, 3.05) is 18.0 Å². The molecule has 238 valence electrons. The van der Waals surface area contributed by atoms with Gasteiger partial charge >= 0.3 is 18.5 Å². The smallest absolute Gasteiger partial charge is 0.330 e. The molecule has 1 saturated heterocycles. The van der Waals surface area contributed by atoms with Gasteiger partial charge in [-0.3, -0.25) is 4.90 Å². The highest BCUT2D eigenvalue weighted by atomic mass is 19.4. The van der Waals surface area contributed by atoms with Crippen LogP contribution in [0.4, 0.5) is 45.5 Å². The third-order valence-electron chi connectivity index (χ3n) is 7.53. The van der Waals surface area contributed by atoms with Gasteiger partial charge in [-0.1, -0.05) is 18.1 Å². The molecule has 2 aromatic carbocycles. The summed E-state index contributed by atoms with van der Waals surface area (Å²) in [5.74, 6) is -0.340. The van der Waals surface area contributed by atoms with Crippen LogP contribution in [-0.4, -0.2) is 38.2 Å². The van der Waals surface area contributed by atoms with E-state index in [4.69, 9.17) is 0 Å². The number of aryl methyl sites for hydroxylation is 1. The molecule has 44 heavy (non-hydrogen) atoms. The summed E-state index contributed by atoms with van der Waals surface area (Å²) in [4.78, 5) is 4.26. The second kappa shape index (κ2) is 12.6. The summed E-state index contributed by atoms with van der Waals surface area (Å²) < 4.78 is 123. The molecule has 0 bridgehead atoms. The fourth-order valence-corrected chi connectivity index (χ4v) is 5.39. The average molecular weight is 634 g/mol. The van der Waals surface area contributed by atoms with Crippen molar-refractivity contribution in [2.24, 2.45) is 13.0 Å². The topological polar surface area (TPSA) is 73.9 Å². The van der Waals surface area contributed by atoms with E-state index in [1.165, 1.54) is 18.0 Å². The second-order valence-corrected chi connectivity index (χ2v) is 10.6. The Hall–Kier alpha value is -3.87. The highest BCUT2D eigenvalue weighted by molar-refractivity contribution is 5.42. The lowest BCUT2D eigenvalue weighted by Crippen LogP contribution is -2.37. The zero-order chi connectivity index (χ0) is 32.4. The Morgan fingerprint density at radius 2 is 1.48 bits per heavy atom. The van der Waals surface area contributed by atoms with Crippen molar-refractivity contribution in [2.45, 2.75) is 63.8 Å². The molecule has 4 rings (SSSR count). The monoisotopic (exact) mass is 633 g/mol. The predicted molar refractivity (Wildman–Crippen MR) is 140 cm³/mol. The Morgan fingerprint density at radius 1 is 0.886 bits per heavy atom. The first-order valence-electron chi connectivity index (χ1n) is 13.6. The summed E-state index contributed by atoms with van der Waals surface area (Å²) >= 11 is 0. The van der Waals surface area contributed by atoms with E-state index in [1.807, 2.05) is 6.92 Å². The van der Waals surface area contributed by atoms with Gasteiger partial charge < -0.3 is 4.90 Å². The maximum Gasteiger partial charge on any atom is 0.416 e. The minimum absolute atomic E-state index is 0.000648. The second-order valence-electron chi connectivity index (χ2n) is 10.6. The van der Waals surface area contributed by atoms with Crippen LogP contribution in [0.15, 0.2) is 36.4 Å². The lowest BCUT2D eigenvalue weighted by molar-refractivity contribution is -0.143. The maximum atomic E-state index is 13.8. The van der Waals surface area contributed by atoms with Crippen molar-refractivity contribution in [3.63, 3.8) is 0 Å². The van der Waals surface area contributed by atoms with Gasteiger partial charge in [-0.2, -0.15) is 49.6 Å². The number of rotatable bonds is 8. The average Bonchev–Trinajstić information content (AvgIpc) is 3.38. The lowest BCUT2D eigenvalue weighted by Gasteiger charge is -2.37. The number of tetrazole rings is 1. The van der Waals surface area contributed by atoms with E-state index in [1.54, 1.807) is 0 Å². The van der Waals surface area contributed by atoms with Crippen LogP contribution in [0.2, 0.25) is 0 Å². The molecule has 0 amide bonds. The van der Waals surface area contributed by atoms with Crippen LogP contribution in [0, 0.1) is 17.2 Å². The Labute approximate surface area is 246 Å². The number of nitrogens with zero attached hydrogens (tertiary/aromatic N) is 7. The number of halogens is 9. The van der Waals surface area contributed by atoms with Crippen LogP contribution in [0.1, 0.15) is 65.6 Å². The number of alkyl halides is 9. The van der Waals surface area contributed by atoms with Gasteiger partial charge in [0.2, 0.25) is 0 Å². The van der Waals surface area contributed by atoms with Gasteiger partial charge in [0.1, 0.15) is 0 Å². The molecular formula is C28H28F9N7. The SMILES string of the molecule is CCC(c1ccc(C(F)(F)F)cc1CN(Cc1cc(C(F)(F)F)cc(C(F)(F)F)c1)c1nnn(C)n1)N1CCC(C#N)CC1. The van der Waals surface area contributed by atoms with Crippen molar-refractivity contribution in [1.82, 2.24) is 25.1 Å². The molecule has 1 aliphatic heterocycles. The van der Waals surface area contributed by atoms with Crippen molar-refractivity contribution >= 4 is 5.95 Å². The molecule has 3 aromatic rings. The van der Waals surface area contributed by atoms with E-state index in [-0.39, 0.29) is 36.1 Å². The first-order chi connectivity index (χ1) is 20.5. The van der Waals surface area contributed by atoms with Crippen molar-refractivity contribution < 1.29 is 39.5 Å². The number of likely N-dealkylation sites (tertiary alicyclic amines) is 1. The normalized spacial score (nSPS) is 16.1. The fraction of sp³-hybridized carbons (Fsp3) is 0.500. The molecule has 1 atom stereocenters. The third-order valence-corrected chi connectivity index (χ3v) is 7.53. The molecule has 0 radical (unpaired) electrons. The lowest BCUT2D eigenvalue weighted by atomic mass is 9.91. The third kappa shape index (κ3) is 7.79. The van der Waals surface area contributed by atoms with Gasteiger partial charge in [0.05, 0.1) is 29.8 Å². The van der Waals surface area contributed by atoms with Crippen LogP contribution in [0.3, 0.4) is 0 Å². The number of hydrogen-bond acceptors (Lipinski definition) is 6. The molecule has 2 heterocycles. The summed E-state index contributed by atoms with van der Waals surface area (Å²) in [6, 6.07) is 6.19. The molecule has 0 spiro atoms. The number of aromatic nitrogens is 4.